The van der Waals surface area contributed by atoms with E-state index in [-0.39, 0.29) is 8.77 Å². The number of halogens is 4. The summed E-state index contributed by atoms with van der Waals surface area (Å²) < 4.78 is 65.6. The number of hydrogen-bond donors (Lipinski definition) is 0. The number of nitrogens with zero attached hydrogens (tertiary/aromatic N) is 2. The van der Waals surface area contributed by atoms with Gasteiger partial charge in [-0.2, -0.15) is 17.5 Å². The Morgan fingerprint density at radius 1 is 1.52 bits per heavy atom. The minimum atomic E-state index is -4.75. The van der Waals surface area contributed by atoms with Crippen LogP contribution in [0.2, 0.25) is 4.47 Å². The summed E-state index contributed by atoms with van der Waals surface area (Å²) in [6, 6.07) is 0. The van der Waals surface area contributed by atoms with Crippen LogP contribution in [0.4, 0.5) is 13.2 Å². The second kappa shape index (κ2) is 6.90. The molecule has 0 aliphatic rings. The van der Waals surface area contributed by atoms with Crippen molar-refractivity contribution in [2.24, 2.45) is 0 Å². The van der Waals surface area contributed by atoms with Crippen molar-refractivity contribution in [2.45, 2.75) is 16.8 Å². The Morgan fingerprint density at radius 2 is 2.14 bits per heavy atom. The van der Waals surface area contributed by atoms with E-state index in [0.717, 1.165) is 13.3 Å². The molecule has 1 aromatic rings. The van der Waals surface area contributed by atoms with Crippen LogP contribution in [0.1, 0.15) is 6.42 Å². The number of carbonyl (C=O) groups excluding carboxylic acids is 1. The molecular formula is C9H10ClF3N2O4S2. The van der Waals surface area contributed by atoms with E-state index in [4.69, 9.17) is 11.6 Å². The molecule has 12 heteroatoms. The second-order valence-corrected chi connectivity index (χ2v) is 7.49. The fourth-order valence-electron chi connectivity index (χ4n) is 1.29. The maximum absolute atomic E-state index is 12.5. The van der Waals surface area contributed by atoms with E-state index in [1.54, 1.807) is 0 Å². The number of sulfonamides is 1. The van der Waals surface area contributed by atoms with Gasteiger partial charge in [-0.1, -0.05) is 22.9 Å². The summed E-state index contributed by atoms with van der Waals surface area (Å²) in [7, 11) is -3.39. The molecule has 1 aromatic heterocycles. The molecule has 0 aliphatic heterocycles. The average Bonchev–Trinajstić information content (AvgIpc) is 2.79. The SMILES string of the molecule is COC(=O)CCN(CC(F)(F)F)S(=O)(=O)c1cnc(Cl)s1. The van der Waals surface area contributed by atoms with Crippen LogP contribution in [0.3, 0.4) is 0 Å². The fourth-order valence-corrected chi connectivity index (χ4v) is 4.16. The summed E-state index contributed by atoms with van der Waals surface area (Å²) in [5.74, 6) is -0.820. The van der Waals surface area contributed by atoms with Crippen molar-refractivity contribution < 1.29 is 31.1 Å². The van der Waals surface area contributed by atoms with E-state index < -0.39 is 45.9 Å². The Bertz CT molecular complexity index is 602. The first-order chi connectivity index (χ1) is 9.56. The van der Waals surface area contributed by atoms with Gasteiger partial charge in [-0.25, -0.2) is 13.4 Å². The molecule has 0 atom stereocenters. The molecule has 0 unspecified atom stereocenters. The number of esters is 1. The number of alkyl halides is 3. The highest BCUT2D eigenvalue weighted by molar-refractivity contribution is 7.91. The van der Waals surface area contributed by atoms with Gasteiger partial charge in [-0.3, -0.25) is 4.79 Å². The highest BCUT2D eigenvalue weighted by Gasteiger charge is 2.38. The lowest BCUT2D eigenvalue weighted by atomic mass is 10.4. The minimum Gasteiger partial charge on any atom is -0.469 e. The van der Waals surface area contributed by atoms with Crippen LogP contribution < -0.4 is 0 Å². The number of ether oxygens (including phenoxy) is 1. The normalized spacial score (nSPS) is 12.7. The van der Waals surface area contributed by atoms with Gasteiger partial charge in [0.25, 0.3) is 10.0 Å². The van der Waals surface area contributed by atoms with E-state index in [9.17, 15) is 26.4 Å². The molecule has 1 heterocycles. The topological polar surface area (TPSA) is 76.6 Å². The third-order valence-electron chi connectivity index (χ3n) is 2.20. The van der Waals surface area contributed by atoms with Gasteiger partial charge in [0.2, 0.25) is 0 Å². The van der Waals surface area contributed by atoms with Gasteiger partial charge < -0.3 is 4.74 Å². The Morgan fingerprint density at radius 3 is 2.57 bits per heavy atom. The quantitative estimate of drug-likeness (QED) is 0.719. The van der Waals surface area contributed by atoms with Crippen molar-refractivity contribution in [1.82, 2.24) is 9.29 Å². The van der Waals surface area contributed by atoms with Crippen molar-refractivity contribution >= 4 is 38.9 Å². The van der Waals surface area contributed by atoms with E-state index >= 15 is 0 Å². The molecule has 0 aromatic carbocycles. The smallest absolute Gasteiger partial charge is 0.402 e. The summed E-state index contributed by atoms with van der Waals surface area (Å²) in [6.07, 6.45) is -4.39. The third-order valence-corrected chi connectivity index (χ3v) is 5.60. The van der Waals surface area contributed by atoms with Gasteiger partial charge in [-0.05, 0) is 0 Å². The van der Waals surface area contributed by atoms with E-state index in [0.29, 0.717) is 11.3 Å². The molecule has 0 fully saturated rings. The predicted octanol–water partition coefficient (Wildman–Crippen LogP) is 1.91. The number of thiazole rings is 1. The van der Waals surface area contributed by atoms with Crippen LogP contribution >= 0.6 is 22.9 Å². The predicted molar refractivity (Wildman–Crippen MR) is 68.6 cm³/mol. The number of rotatable bonds is 6. The van der Waals surface area contributed by atoms with Gasteiger partial charge in [0, 0.05) is 6.54 Å². The van der Waals surface area contributed by atoms with Gasteiger partial charge in [-0.15, -0.1) is 0 Å². The van der Waals surface area contributed by atoms with Crippen LogP contribution in [-0.2, 0) is 19.6 Å². The van der Waals surface area contributed by atoms with Crippen molar-refractivity contribution in [3.63, 3.8) is 0 Å². The minimum absolute atomic E-state index is 0.117. The number of hydrogen-bond acceptors (Lipinski definition) is 6. The van der Waals surface area contributed by atoms with Crippen LogP contribution in [0.25, 0.3) is 0 Å². The first-order valence-corrected chi connectivity index (χ1v) is 7.95. The molecule has 6 nitrogen and oxygen atoms in total. The van der Waals surface area contributed by atoms with Crippen LogP contribution in [0.15, 0.2) is 10.4 Å². The first kappa shape index (κ1) is 18.1. The molecule has 120 valence electrons. The summed E-state index contributed by atoms with van der Waals surface area (Å²) in [5.41, 5.74) is 0. The van der Waals surface area contributed by atoms with Crippen molar-refractivity contribution in [1.29, 1.82) is 0 Å². The molecule has 1 rings (SSSR count). The van der Waals surface area contributed by atoms with Gasteiger partial charge in [0.15, 0.2) is 8.68 Å². The maximum atomic E-state index is 12.5. The Balaban J connectivity index is 3.01. The van der Waals surface area contributed by atoms with Gasteiger partial charge in [0.05, 0.1) is 19.7 Å². The van der Waals surface area contributed by atoms with Crippen molar-refractivity contribution in [3.8, 4) is 0 Å². The van der Waals surface area contributed by atoms with E-state index in [1.807, 2.05) is 0 Å². The fraction of sp³-hybridized carbons (Fsp3) is 0.556. The third kappa shape index (κ3) is 5.41. The summed E-state index contributed by atoms with van der Waals surface area (Å²) >= 11 is 6.01. The largest absolute Gasteiger partial charge is 0.469 e. The average molecular weight is 367 g/mol. The van der Waals surface area contributed by atoms with Crippen LogP contribution in [0, 0.1) is 0 Å². The van der Waals surface area contributed by atoms with E-state index in [2.05, 4.69) is 9.72 Å². The Kier molecular flexibility index (Phi) is 5.96. The second-order valence-electron chi connectivity index (χ2n) is 3.71. The number of carbonyl (C=O) groups is 1. The molecule has 0 radical (unpaired) electrons. The Labute approximate surface area is 127 Å². The molecule has 0 spiro atoms. The van der Waals surface area contributed by atoms with Crippen LogP contribution in [-0.4, -0.2) is 50.1 Å². The highest BCUT2D eigenvalue weighted by Crippen LogP contribution is 2.28. The molecular weight excluding hydrogens is 357 g/mol. The lowest BCUT2D eigenvalue weighted by Gasteiger charge is -2.21. The van der Waals surface area contributed by atoms with Crippen molar-refractivity contribution in [2.75, 3.05) is 20.2 Å². The molecule has 0 aliphatic carbocycles. The number of methoxy groups -OCH3 is 1. The lowest BCUT2D eigenvalue weighted by Crippen LogP contribution is -2.40. The van der Waals surface area contributed by atoms with Gasteiger partial charge >= 0.3 is 12.1 Å². The zero-order valence-corrected chi connectivity index (χ0v) is 12.9. The molecule has 21 heavy (non-hydrogen) atoms. The molecule has 0 amide bonds. The molecule has 0 saturated carbocycles. The highest BCUT2D eigenvalue weighted by atomic mass is 35.5. The van der Waals surface area contributed by atoms with E-state index in [1.165, 1.54) is 0 Å². The first-order valence-electron chi connectivity index (χ1n) is 5.31. The Hall–Kier alpha value is -0.910. The molecule has 0 N–H and O–H groups in total. The number of aromatic nitrogens is 1. The summed E-state index contributed by atoms with van der Waals surface area (Å²) in [6.45, 7) is -2.38. The maximum Gasteiger partial charge on any atom is 0.402 e. The van der Waals surface area contributed by atoms with Crippen molar-refractivity contribution in [3.05, 3.63) is 10.7 Å². The zero-order chi connectivity index (χ0) is 16.3. The zero-order valence-electron chi connectivity index (χ0n) is 10.6. The summed E-state index contributed by atoms with van der Waals surface area (Å²) in [4.78, 5) is 14.5. The molecule has 0 bridgehead atoms. The van der Waals surface area contributed by atoms with Gasteiger partial charge in [0.1, 0.15) is 6.54 Å². The van der Waals surface area contributed by atoms with Crippen LogP contribution in [0.5, 0.6) is 0 Å². The summed E-state index contributed by atoms with van der Waals surface area (Å²) in [5, 5.41) is 0. The standard InChI is InChI=1S/C9H10ClF3N2O4S2/c1-19-6(16)2-3-15(5-9(11,12)13)21(17,18)7-4-14-8(10)20-7/h4H,2-3,5H2,1H3. The molecule has 0 saturated heterocycles. The monoisotopic (exact) mass is 366 g/mol. The lowest BCUT2D eigenvalue weighted by molar-refractivity contribution is -0.144.